The first-order valence-electron chi connectivity index (χ1n) is 9.61. The summed E-state index contributed by atoms with van der Waals surface area (Å²) in [7, 11) is 0. The van der Waals surface area contributed by atoms with Crippen molar-refractivity contribution >= 4 is 17.7 Å². The van der Waals surface area contributed by atoms with Crippen LogP contribution in [0.3, 0.4) is 0 Å². The molecule has 0 aliphatic heterocycles. The molecule has 0 atom stereocenters. The van der Waals surface area contributed by atoms with E-state index < -0.39 is 29.2 Å². The maximum atomic E-state index is 12.8. The summed E-state index contributed by atoms with van der Waals surface area (Å²) in [5, 5.41) is 12.2. The van der Waals surface area contributed by atoms with Gasteiger partial charge in [0.05, 0.1) is 5.56 Å². The van der Waals surface area contributed by atoms with Crippen molar-refractivity contribution in [3.05, 3.63) is 42.0 Å². The highest BCUT2D eigenvalue weighted by atomic mass is 32.2. The number of nitrogens with one attached hydrogen (secondary N) is 1. The fourth-order valence-corrected chi connectivity index (χ4v) is 2.76. The van der Waals surface area contributed by atoms with Gasteiger partial charge in [-0.2, -0.15) is 31.6 Å². The van der Waals surface area contributed by atoms with Gasteiger partial charge in [-0.1, -0.05) is 39.8 Å². The zero-order valence-corrected chi connectivity index (χ0v) is 19.0. The highest BCUT2D eigenvalue weighted by Crippen LogP contribution is 2.57. The van der Waals surface area contributed by atoms with E-state index in [0.29, 0.717) is 11.8 Å². The molecule has 0 aromatic heterocycles. The van der Waals surface area contributed by atoms with E-state index in [9.17, 15) is 31.1 Å². The van der Waals surface area contributed by atoms with Crippen LogP contribution in [0.4, 0.5) is 26.3 Å². The molecule has 1 aliphatic rings. The van der Waals surface area contributed by atoms with Crippen LogP contribution in [-0.2, 0) is 17.5 Å². The molecule has 10 heteroatoms. The Bertz CT molecular complexity index is 735. The van der Waals surface area contributed by atoms with Gasteiger partial charge in [-0.3, -0.25) is 4.79 Å². The third-order valence-corrected chi connectivity index (χ3v) is 4.34. The van der Waals surface area contributed by atoms with Gasteiger partial charge < -0.3 is 5.32 Å². The molecule has 0 unspecified atom stereocenters. The summed E-state index contributed by atoms with van der Waals surface area (Å²) in [6, 6.07) is 2.82. The van der Waals surface area contributed by atoms with Crippen molar-refractivity contribution in [2.75, 3.05) is 0 Å². The van der Waals surface area contributed by atoms with Crippen molar-refractivity contribution in [2.24, 2.45) is 5.41 Å². The number of rotatable bonds is 4. The van der Waals surface area contributed by atoms with Gasteiger partial charge >= 0.3 is 12.4 Å². The minimum atomic E-state index is -4.66. The molecule has 1 aromatic rings. The number of hydrogen-bond acceptors (Lipinski definition) is 3. The quantitative estimate of drug-likeness (QED) is 0.215. The summed E-state index contributed by atoms with van der Waals surface area (Å²) in [6.45, 7) is 12.9. The standard InChI is InChI=1S/C14H10F6N2OS.C3H6.2C2H6/c15-13(16,17)9-2-1-8(5-10(9)24-7-21)6-22-11(23)12(3-4-12)14(18,19)20;1-3-2;2*1-2/h1-2,5H,3-4,6H2,(H,22,23);3H,1H2,2H3;2*1-2H3. The number of allylic oxidation sites excluding steroid dienone is 1. The van der Waals surface area contributed by atoms with E-state index in [1.807, 2.05) is 34.6 Å². The van der Waals surface area contributed by atoms with Crippen molar-refractivity contribution in [2.45, 2.75) is 71.3 Å². The van der Waals surface area contributed by atoms with Crippen molar-refractivity contribution < 1.29 is 31.1 Å². The molecule has 1 aliphatic carbocycles. The van der Waals surface area contributed by atoms with Crippen molar-refractivity contribution in [3.63, 3.8) is 0 Å². The lowest BCUT2D eigenvalue weighted by atomic mass is 10.1. The van der Waals surface area contributed by atoms with Crippen LogP contribution >= 0.6 is 11.8 Å². The maximum Gasteiger partial charge on any atom is 0.417 e. The van der Waals surface area contributed by atoms with E-state index in [2.05, 4.69) is 11.9 Å². The summed E-state index contributed by atoms with van der Waals surface area (Å²) in [6.07, 6.45) is -8.16. The molecule has 1 amide bonds. The number of nitriles is 1. The minimum absolute atomic E-state index is 0.173. The average molecular weight is 471 g/mol. The molecule has 176 valence electrons. The Hall–Kier alpha value is -2.15. The molecule has 0 heterocycles. The van der Waals surface area contributed by atoms with Crippen LogP contribution < -0.4 is 5.32 Å². The number of thiocyanates is 1. The fourth-order valence-electron chi connectivity index (χ4n) is 2.16. The SMILES string of the molecule is C=CC.CC.CC.N#CSc1cc(CNC(=O)C2(C(F)(F)F)CC2)ccc1C(F)(F)F. The third kappa shape index (κ3) is 9.25. The number of benzene rings is 1. The Morgan fingerprint density at radius 2 is 1.68 bits per heavy atom. The normalized spacial score (nSPS) is 13.5. The molecule has 31 heavy (non-hydrogen) atoms. The molecular weight excluding hydrogens is 442 g/mol. The number of hydrogen-bond donors (Lipinski definition) is 1. The topological polar surface area (TPSA) is 52.9 Å². The molecule has 0 spiro atoms. The van der Waals surface area contributed by atoms with Gasteiger partial charge in [0, 0.05) is 11.4 Å². The largest absolute Gasteiger partial charge is 0.417 e. The average Bonchev–Trinajstić information content (AvgIpc) is 3.52. The second-order valence-electron chi connectivity index (χ2n) is 5.69. The van der Waals surface area contributed by atoms with Gasteiger partial charge in [0.1, 0.15) is 10.8 Å². The predicted molar refractivity (Wildman–Crippen MR) is 111 cm³/mol. The van der Waals surface area contributed by atoms with Crippen LogP contribution in [0.5, 0.6) is 0 Å². The minimum Gasteiger partial charge on any atom is -0.351 e. The lowest BCUT2D eigenvalue weighted by molar-refractivity contribution is -0.192. The van der Waals surface area contributed by atoms with E-state index in [0.717, 1.165) is 18.2 Å². The summed E-state index contributed by atoms with van der Waals surface area (Å²) >= 11 is 0.292. The number of carbonyl (C=O) groups is 1. The van der Waals surface area contributed by atoms with Crippen LogP contribution in [0.15, 0.2) is 35.7 Å². The molecule has 1 fully saturated rings. The van der Waals surface area contributed by atoms with E-state index in [4.69, 9.17) is 5.26 Å². The Labute approximate surface area is 183 Å². The molecular formula is C21H28F6N2OS. The molecule has 2 rings (SSSR count). The van der Waals surface area contributed by atoms with Crippen molar-refractivity contribution in [1.29, 1.82) is 5.26 Å². The van der Waals surface area contributed by atoms with Crippen LogP contribution in [0, 0.1) is 16.1 Å². The summed E-state index contributed by atoms with van der Waals surface area (Å²) in [5.74, 6) is -1.19. The molecule has 0 bridgehead atoms. The number of carbonyl (C=O) groups excluding carboxylic acids is 1. The van der Waals surface area contributed by atoms with E-state index >= 15 is 0 Å². The third-order valence-electron chi connectivity index (χ3n) is 3.69. The predicted octanol–water partition coefficient (Wildman–Crippen LogP) is 7.48. The molecule has 0 saturated heterocycles. The highest BCUT2D eigenvalue weighted by Gasteiger charge is 2.68. The molecule has 1 saturated carbocycles. The Morgan fingerprint density at radius 1 is 1.19 bits per heavy atom. The van der Waals surface area contributed by atoms with E-state index in [1.165, 1.54) is 5.40 Å². The second-order valence-corrected chi connectivity index (χ2v) is 6.52. The van der Waals surface area contributed by atoms with E-state index in [-0.39, 0.29) is 29.8 Å². The van der Waals surface area contributed by atoms with Gasteiger partial charge in [-0.15, -0.1) is 6.58 Å². The Balaban J connectivity index is 0. The van der Waals surface area contributed by atoms with Crippen molar-refractivity contribution in [3.8, 4) is 5.40 Å². The molecule has 1 aromatic carbocycles. The van der Waals surface area contributed by atoms with E-state index in [1.54, 1.807) is 6.08 Å². The van der Waals surface area contributed by atoms with Crippen LogP contribution in [0.2, 0.25) is 0 Å². The molecule has 0 radical (unpaired) electrons. The monoisotopic (exact) mass is 470 g/mol. The maximum absolute atomic E-state index is 12.8. The summed E-state index contributed by atoms with van der Waals surface area (Å²) in [5.41, 5.74) is -3.23. The Kier molecular flexibility index (Phi) is 14.0. The van der Waals surface area contributed by atoms with Gasteiger partial charge in [0.25, 0.3) is 0 Å². The highest BCUT2D eigenvalue weighted by molar-refractivity contribution is 8.03. The van der Waals surface area contributed by atoms with Gasteiger partial charge in [-0.05, 0) is 49.2 Å². The molecule has 1 N–H and O–H groups in total. The zero-order chi connectivity index (χ0) is 24.9. The van der Waals surface area contributed by atoms with Crippen LogP contribution in [0.25, 0.3) is 0 Å². The summed E-state index contributed by atoms with van der Waals surface area (Å²) < 4.78 is 76.8. The number of nitrogens with zero attached hydrogens (tertiary/aromatic N) is 1. The smallest absolute Gasteiger partial charge is 0.351 e. The Morgan fingerprint density at radius 3 is 2.03 bits per heavy atom. The first-order valence-corrected chi connectivity index (χ1v) is 10.4. The number of halogens is 6. The van der Waals surface area contributed by atoms with Crippen LogP contribution in [-0.4, -0.2) is 12.1 Å². The molecule has 3 nitrogen and oxygen atoms in total. The zero-order valence-electron chi connectivity index (χ0n) is 18.2. The number of thioether (sulfide) groups is 1. The van der Waals surface area contributed by atoms with Gasteiger partial charge in [-0.25, -0.2) is 0 Å². The first kappa shape index (κ1) is 31.0. The second kappa shape index (κ2) is 14.0. The lowest BCUT2D eigenvalue weighted by Gasteiger charge is -2.19. The number of alkyl halides is 6. The van der Waals surface area contributed by atoms with Gasteiger partial charge in [0.2, 0.25) is 5.91 Å². The number of amides is 1. The van der Waals surface area contributed by atoms with Crippen LogP contribution in [0.1, 0.15) is 58.6 Å². The lowest BCUT2D eigenvalue weighted by Crippen LogP contribution is -2.40. The summed E-state index contributed by atoms with van der Waals surface area (Å²) in [4.78, 5) is 11.3. The first-order chi connectivity index (χ1) is 14.4. The van der Waals surface area contributed by atoms with Gasteiger partial charge in [0.15, 0.2) is 0 Å². The fraction of sp³-hybridized carbons (Fsp3) is 0.524. The van der Waals surface area contributed by atoms with Crippen molar-refractivity contribution in [1.82, 2.24) is 5.32 Å².